The van der Waals surface area contributed by atoms with Crippen molar-refractivity contribution in [2.24, 2.45) is 0 Å². The van der Waals surface area contributed by atoms with Gasteiger partial charge in [-0.25, -0.2) is 0 Å². The van der Waals surface area contributed by atoms with Gasteiger partial charge in [-0.05, 0) is 36.5 Å². The van der Waals surface area contributed by atoms with Crippen LogP contribution in [0.4, 0.5) is 5.69 Å². The molecule has 1 aliphatic carbocycles. The van der Waals surface area contributed by atoms with E-state index in [4.69, 9.17) is 0 Å². The average molecular weight is 349 g/mol. The molecule has 136 valence electrons. The van der Waals surface area contributed by atoms with Gasteiger partial charge in [0.2, 0.25) is 0 Å². The minimum Gasteiger partial charge on any atom is -0.366 e. The van der Waals surface area contributed by atoms with Gasteiger partial charge in [0.1, 0.15) is 0 Å². The molecule has 4 nitrogen and oxygen atoms in total. The Balaban J connectivity index is 1.45. The van der Waals surface area contributed by atoms with Crippen LogP contribution in [0.15, 0.2) is 42.7 Å². The Morgan fingerprint density at radius 2 is 1.81 bits per heavy atom. The van der Waals surface area contributed by atoms with Crippen LogP contribution in [0.3, 0.4) is 0 Å². The van der Waals surface area contributed by atoms with Crippen LogP contribution in [-0.4, -0.2) is 23.5 Å². The van der Waals surface area contributed by atoms with Crippen molar-refractivity contribution in [3.05, 3.63) is 59.4 Å². The van der Waals surface area contributed by atoms with Crippen LogP contribution in [0.2, 0.25) is 0 Å². The van der Waals surface area contributed by atoms with Crippen LogP contribution in [0.5, 0.6) is 0 Å². The van der Waals surface area contributed by atoms with E-state index in [2.05, 4.69) is 39.5 Å². The predicted octanol–water partition coefficient (Wildman–Crippen LogP) is 4.10. The van der Waals surface area contributed by atoms with E-state index < -0.39 is 0 Å². The Morgan fingerprint density at radius 1 is 1.04 bits per heavy atom. The Hall–Kier alpha value is -2.36. The molecule has 1 aliphatic heterocycles. The lowest BCUT2D eigenvalue weighted by atomic mass is 9.99. The smallest absolute Gasteiger partial charge is 0.253 e. The fourth-order valence-electron chi connectivity index (χ4n) is 4.13. The molecule has 1 fully saturated rings. The molecule has 2 aliphatic rings. The van der Waals surface area contributed by atoms with Crippen LogP contribution >= 0.6 is 0 Å². The number of pyridine rings is 1. The molecule has 4 heteroatoms. The second-order valence-electron chi connectivity index (χ2n) is 7.53. The average Bonchev–Trinajstić information content (AvgIpc) is 2.96. The number of amides is 1. The molecular weight excluding hydrogens is 322 g/mol. The summed E-state index contributed by atoms with van der Waals surface area (Å²) < 4.78 is 0. The summed E-state index contributed by atoms with van der Waals surface area (Å²) in [6.07, 6.45) is 11.8. The number of carbonyl (C=O) groups excluding carboxylic acids is 1. The minimum absolute atomic E-state index is 0.0173. The SMILES string of the molecule is O=C(NC1CCCCCC1)c1cncc(N2CCc3ccccc3C2)c1. The van der Waals surface area contributed by atoms with Crippen LogP contribution in [-0.2, 0) is 13.0 Å². The van der Waals surface area contributed by atoms with Crippen LogP contribution in [0.25, 0.3) is 0 Å². The first kappa shape index (κ1) is 17.1. The summed E-state index contributed by atoms with van der Waals surface area (Å²) in [7, 11) is 0. The Morgan fingerprint density at radius 3 is 2.62 bits per heavy atom. The fraction of sp³-hybridized carbons (Fsp3) is 0.455. The maximum Gasteiger partial charge on any atom is 0.253 e. The summed E-state index contributed by atoms with van der Waals surface area (Å²) in [6, 6.07) is 10.9. The third kappa shape index (κ3) is 3.90. The van der Waals surface area contributed by atoms with E-state index in [0.717, 1.165) is 38.0 Å². The summed E-state index contributed by atoms with van der Waals surface area (Å²) in [5.41, 5.74) is 4.50. The van der Waals surface area contributed by atoms with Crippen molar-refractivity contribution in [3.63, 3.8) is 0 Å². The zero-order valence-corrected chi connectivity index (χ0v) is 15.3. The topological polar surface area (TPSA) is 45.2 Å². The lowest BCUT2D eigenvalue weighted by molar-refractivity contribution is 0.0933. The van der Waals surface area contributed by atoms with E-state index >= 15 is 0 Å². The number of rotatable bonds is 3. The summed E-state index contributed by atoms with van der Waals surface area (Å²) in [6.45, 7) is 1.85. The van der Waals surface area contributed by atoms with Gasteiger partial charge in [0.15, 0.2) is 0 Å². The van der Waals surface area contributed by atoms with Gasteiger partial charge >= 0.3 is 0 Å². The molecule has 0 radical (unpaired) electrons. The molecule has 0 atom stereocenters. The summed E-state index contributed by atoms with van der Waals surface area (Å²) >= 11 is 0. The van der Waals surface area contributed by atoms with Gasteiger partial charge in [0.05, 0.1) is 17.4 Å². The molecule has 0 saturated heterocycles. The second kappa shape index (κ2) is 7.90. The molecule has 4 rings (SSSR count). The molecule has 26 heavy (non-hydrogen) atoms. The highest BCUT2D eigenvalue weighted by Gasteiger charge is 2.19. The Bertz CT molecular complexity index is 765. The number of benzene rings is 1. The maximum absolute atomic E-state index is 12.7. The van der Waals surface area contributed by atoms with E-state index in [1.165, 1.54) is 36.8 Å². The zero-order chi connectivity index (χ0) is 17.8. The van der Waals surface area contributed by atoms with Crippen molar-refractivity contribution in [2.45, 2.75) is 57.5 Å². The van der Waals surface area contributed by atoms with Crippen LogP contribution < -0.4 is 10.2 Å². The molecule has 1 amide bonds. The highest BCUT2D eigenvalue weighted by atomic mass is 16.1. The summed E-state index contributed by atoms with van der Waals surface area (Å²) in [5.74, 6) is 0.0173. The Kier molecular flexibility index (Phi) is 5.19. The second-order valence-corrected chi connectivity index (χ2v) is 7.53. The molecule has 1 aromatic carbocycles. The summed E-state index contributed by atoms with van der Waals surface area (Å²) in [4.78, 5) is 19.4. The minimum atomic E-state index is 0.0173. The quantitative estimate of drug-likeness (QED) is 0.849. The highest BCUT2D eigenvalue weighted by Crippen LogP contribution is 2.24. The van der Waals surface area contributed by atoms with Crippen molar-refractivity contribution in [2.75, 3.05) is 11.4 Å². The molecule has 1 saturated carbocycles. The van der Waals surface area contributed by atoms with E-state index in [1.54, 1.807) is 6.20 Å². The molecule has 2 heterocycles. The van der Waals surface area contributed by atoms with Crippen molar-refractivity contribution in [1.82, 2.24) is 10.3 Å². The lowest BCUT2D eigenvalue weighted by Gasteiger charge is -2.30. The third-order valence-corrected chi connectivity index (χ3v) is 5.67. The highest BCUT2D eigenvalue weighted by molar-refractivity contribution is 5.95. The lowest BCUT2D eigenvalue weighted by Crippen LogP contribution is -2.35. The van der Waals surface area contributed by atoms with Gasteiger partial charge in [0.25, 0.3) is 5.91 Å². The number of aromatic nitrogens is 1. The van der Waals surface area contributed by atoms with Crippen LogP contribution in [0, 0.1) is 0 Å². The van der Waals surface area contributed by atoms with Gasteiger partial charge in [-0.2, -0.15) is 0 Å². The molecular formula is C22H27N3O. The molecule has 0 spiro atoms. The largest absolute Gasteiger partial charge is 0.366 e. The number of hydrogen-bond acceptors (Lipinski definition) is 3. The van der Waals surface area contributed by atoms with Gasteiger partial charge in [-0.3, -0.25) is 9.78 Å². The van der Waals surface area contributed by atoms with Gasteiger partial charge < -0.3 is 10.2 Å². The molecule has 1 N–H and O–H groups in total. The fourth-order valence-corrected chi connectivity index (χ4v) is 4.13. The van der Waals surface area contributed by atoms with Gasteiger partial charge in [-0.1, -0.05) is 49.9 Å². The van der Waals surface area contributed by atoms with E-state index in [1.807, 2.05) is 12.3 Å². The van der Waals surface area contributed by atoms with Crippen LogP contribution in [0.1, 0.15) is 60.0 Å². The normalized spacial score (nSPS) is 18.1. The number of carbonyl (C=O) groups is 1. The van der Waals surface area contributed by atoms with Gasteiger partial charge in [0, 0.05) is 25.3 Å². The predicted molar refractivity (Wildman–Crippen MR) is 104 cm³/mol. The molecule has 1 aromatic heterocycles. The molecule has 2 aromatic rings. The number of anilines is 1. The summed E-state index contributed by atoms with van der Waals surface area (Å²) in [5, 5.41) is 3.22. The van der Waals surface area contributed by atoms with Crippen molar-refractivity contribution in [3.8, 4) is 0 Å². The first-order chi connectivity index (χ1) is 12.8. The number of fused-ring (bicyclic) bond motifs is 1. The standard InChI is InChI=1S/C22H27N3O/c26-22(24-20-9-3-1-2-4-10-20)19-13-21(15-23-14-19)25-12-11-17-7-5-6-8-18(17)16-25/h5-8,13-15,20H,1-4,9-12,16H2,(H,24,26). The first-order valence-electron chi connectivity index (χ1n) is 9.87. The number of nitrogens with one attached hydrogen (secondary N) is 1. The van der Waals surface area contributed by atoms with Crippen molar-refractivity contribution in [1.29, 1.82) is 0 Å². The Labute approximate surface area is 155 Å². The first-order valence-corrected chi connectivity index (χ1v) is 9.87. The zero-order valence-electron chi connectivity index (χ0n) is 15.3. The number of hydrogen-bond donors (Lipinski definition) is 1. The number of nitrogens with zero attached hydrogens (tertiary/aromatic N) is 2. The molecule has 0 unspecified atom stereocenters. The van der Waals surface area contributed by atoms with Crippen molar-refractivity contribution < 1.29 is 4.79 Å². The molecule has 0 bridgehead atoms. The van der Waals surface area contributed by atoms with E-state index in [-0.39, 0.29) is 5.91 Å². The van der Waals surface area contributed by atoms with E-state index in [9.17, 15) is 4.79 Å². The third-order valence-electron chi connectivity index (χ3n) is 5.67. The maximum atomic E-state index is 12.7. The monoisotopic (exact) mass is 349 g/mol. The van der Waals surface area contributed by atoms with Crippen molar-refractivity contribution >= 4 is 11.6 Å². The van der Waals surface area contributed by atoms with E-state index in [0.29, 0.717) is 11.6 Å². The van der Waals surface area contributed by atoms with Gasteiger partial charge in [-0.15, -0.1) is 0 Å².